The molecule has 7 nitrogen and oxygen atoms in total. The Kier molecular flexibility index (Phi) is 3.58. The van der Waals surface area contributed by atoms with Crippen molar-refractivity contribution in [1.29, 1.82) is 0 Å². The third-order valence-electron chi connectivity index (χ3n) is 5.89. The smallest absolute Gasteiger partial charge is 0.378 e. The van der Waals surface area contributed by atoms with Gasteiger partial charge in [0.1, 0.15) is 5.56 Å². The van der Waals surface area contributed by atoms with E-state index in [4.69, 9.17) is 0 Å². The minimum absolute atomic E-state index is 0.0686. The number of nitrogens with zero attached hydrogens (tertiary/aromatic N) is 2. The number of alkyl halides is 3. The van der Waals surface area contributed by atoms with Gasteiger partial charge in [-0.05, 0) is 49.7 Å². The summed E-state index contributed by atoms with van der Waals surface area (Å²) in [6, 6.07) is 1.84. The van der Waals surface area contributed by atoms with Crippen molar-refractivity contribution >= 4 is 17.3 Å². The number of fused-ring (bicyclic) bond motifs is 2. The summed E-state index contributed by atoms with van der Waals surface area (Å²) < 4.78 is 39.6. The maximum absolute atomic E-state index is 13.2. The number of anilines is 1. The van der Waals surface area contributed by atoms with Crippen LogP contribution in [0.15, 0.2) is 18.2 Å². The van der Waals surface area contributed by atoms with Gasteiger partial charge in [-0.3, -0.25) is 14.9 Å². The number of nitro groups is 1. The van der Waals surface area contributed by atoms with Crippen LogP contribution in [0.1, 0.15) is 31.2 Å². The Labute approximate surface area is 145 Å². The molecule has 140 valence electrons. The Hall–Kier alpha value is -2.20. The zero-order valence-electron chi connectivity index (χ0n) is 13.5. The molecule has 1 aromatic carbocycles. The summed E-state index contributed by atoms with van der Waals surface area (Å²) in [7, 11) is 0. The molecule has 5 rings (SSSR count). The molecule has 26 heavy (non-hydrogen) atoms. The third-order valence-corrected chi connectivity index (χ3v) is 5.89. The van der Waals surface area contributed by atoms with E-state index in [9.17, 15) is 33.2 Å². The lowest BCUT2D eigenvalue weighted by Gasteiger charge is -2.48. The van der Waals surface area contributed by atoms with Crippen molar-refractivity contribution < 1.29 is 28.0 Å². The number of hydrogen-bond acceptors (Lipinski definition) is 5. The number of halogens is 3. The molecule has 0 spiro atoms. The van der Waals surface area contributed by atoms with Crippen LogP contribution in [-0.2, 0) is 11.0 Å². The first-order chi connectivity index (χ1) is 12.1. The van der Waals surface area contributed by atoms with Crippen LogP contribution in [0.25, 0.3) is 0 Å². The van der Waals surface area contributed by atoms with E-state index < -0.39 is 39.9 Å². The molecule has 2 bridgehead atoms. The van der Waals surface area contributed by atoms with Gasteiger partial charge in [-0.25, -0.2) is 10.4 Å². The average molecular weight is 371 g/mol. The molecule has 0 aromatic heterocycles. The quantitative estimate of drug-likeness (QED) is 0.615. The molecule has 4 aliphatic rings. The molecule has 2 atom stereocenters. The fourth-order valence-electron chi connectivity index (χ4n) is 4.64. The number of carbonyl (C=O) groups excluding carboxylic acids is 1. The van der Waals surface area contributed by atoms with E-state index in [0.717, 1.165) is 30.0 Å². The van der Waals surface area contributed by atoms with Crippen molar-refractivity contribution in [3.05, 3.63) is 33.9 Å². The molecule has 1 heterocycles. The Morgan fingerprint density at radius 2 is 1.92 bits per heavy atom. The van der Waals surface area contributed by atoms with Crippen LogP contribution in [0, 0.1) is 22.0 Å². The highest BCUT2D eigenvalue weighted by atomic mass is 19.4. The number of rotatable bonds is 2. The van der Waals surface area contributed by atoms with Crippen LogP contribution in [0.4, 0.5) is 24.5 Å². The number of nitrogens with one attached hydrogen (secondary N) is 1. The molecular weight excluding hydrogens is 355 g/mol. The van der Waals surface area contributed by atoms with Crippen LogP contribution < -0.4 is 10.4 Å². The highest BCUT2D eigenvalue weighted by Gasteiger charge is 2.64. The summed E-state index contributed by atoms with van der Waals surface area (Å²) in [5.74, 6) is -0.861. The van der Waals surface area contributed by atoms with E-state index in [1.165, 1.54) is 0 Å². The zero-order chi connectivity index (χ0) is 18.9. The fraction of sp³-hybridized carbons (Fsp3) is 0.562. The molecule has 0 unspecified atom stereocenters. The molecule has 1 amide bonds. The van der Waals surface area contributed by atoms with Gasteiger partial charge in [0, 0.05) is 6.07 Å². The van der Waals surface area contributed by atoms with Crippen LogP contribution >= 0.6 is 0 Å². The molecule has 2 N–H and O–H groups in total. The second-order valence-corrected chi connectivity index (χ2v) is 7.14. The van der Waals surface area contributed by atoms with Gasteiger partial charge in [0.25, 0.3) is 11.6 Å². The predicted molar refractivity (Wildman–Crippen MR) is 82.9 cm³/mol. The van der Waals surface area contributed by atoms with Crippen LogP contribution in [0.5, 0.6) is 0 Å². The average Bonchev–Trinajstić information content (AvgIpc) is 2.89. The molecule has 0 radical (unpaired) electrons. The number of amides is 1. The van der Waals surface area contributed by atoms with E-state index in [-0.39, 0.29) is 17.5 Å². The highest BCUT2D eigenvalue weighted by Crippen LogP contribution is 2.51. The Morgan fingerprint density at radius 1 is 1.27 bits per heavy atom. The van der Waals surface area contributed by atoms with Gasteiger partial charge in [0.15, 0.2) is 5.60 Å². The first-order valence-corrected chi connectivity index (χ1v) is 8.32. The summed E-state index contributed by atoms with van der Waals surface area (Å²) in [5.41, 5.74) is -1.46. The molecule has 1 aliphatic heterocycles. The maximum Gasteiger partial charge on any atom is 0.423 e. The molecule has 3 aliphatic carbocycles. The maximum atomic E-state index is 13.2. The van der Waals surface area contributed by atoms with Gasteiger partial charge in [0.2, 0.25) is 0 Å². The van der Waals surface area contributed by atoms with Gasteiger partial charge in [-0.15, -0.1) is 0 Å². The van der Waals surface area contributed by atoms with Crippen molar-refractivity contribution in [2.45, 2.75) is 43.5 Å². The van der Waals surface area contributed by atoms with Gasteiger partial charge < -0.3 is 5.11 Å². The SMILES string of the molecule is O=C1N(c2ccc([N+](=O)[O-])c(C(F)(F)F)c2)N[C@H]2[C@H]3CC[C@H](CC3)[C@@]12O. The van der Waals surface area contributed by atoms with Gasteiger partial charge >= 0.3 is 6.18 Å². The third kappa shape index (κ3) is 2.25. The predicted octanol–water partition coefficient (Wildman–Crippen LogP) is 2.38. The van der Waals surface area contributed by atoms with Crippen molar-refractivity contribution in [3.8, 4) is 0 Å². The van der Waals surface area contributed by atoms with E-state index in [0.29, 0.717) is 18.9 Å². The summed E-state index contributed by atoms with van der Waals surface area (Å²) in [6.07, 6.45) is -1.84. The number of carbonyl (C=O) groups is 1. The molecule has 3 saturated carbocycles. The number of aliphatic hydroxyl groups is 1. The minimum Gasteiger partial charge on any atom is -0.378 e. The molecule has 10 heteroatoms. The Balaban J connectivity index is 1.75. The molecule has 1 aromatic rings. The van der Waals surface area contributed by atoms with Crippen molar-refractivity contribution in [2.75, 3.05) is 5.01 Å². The normalized spacial score (nSPS) is 33.5. The van der Waals surface area contributed by atoms with Gasteiger partial charge in [0.05, 0.1) is 16.7 Å². The number of hydrazine groups is 1. The van der Waals surface area contributed by atoms with Crippen molar-refractivity contribution in [1.82, 2.24) is 5.43 Å². The van der Waals surface area contributed by atoms with Crippen LogP contribution in [0.3, 0.4) is 0 Å². The van der Waals surface area contributed by atoms with E-state index in [2.05, 4.69) is 5.43 Å². The first kappa shape index (κ1) is 17.2. The molecule has 1 saturated heterocycles. The summed E-state index contributed by atoms with van der Waals surface area (Å²) in [6.45, 7) is 0. The van der Waals surface area contributed by atoms with Gasteiger partial charge in [-0.1, -0.05) is 0 Å². The summed E-state index contributed by atoms with van der Waals surface area (Å²) in [4.78, 5) is 22.6. The topological polar surface area (TPSA) is 95.7 Å². The van der Waals surface area contributed by atoms with Crippen molar-refractivity contribution in [3.63, 3.8) is 0 Å². The Morgan fingerprint density at radius 3 is 2.46 bits per heavy atom. The number of benzene rings is 1. The van der Waals surface area contributed by atoms with E-state index >= 15 is 0 Å². The number of nitro benzene ring substituents is 1. The summed E-state index contributed by atoms with van der Waals surface area (Å²) >= 11 is 0. The zero-order valence-corrected chi connectivity index (χ0v) is 13.5. The molecule has 4 fully saturated rings. The summed E-state index contributed by atoms with van der Waals surface area (Å²) in [5, 5.41) is 22.8. The lowest BCUT2D eigenvalue weighted by molar-refractivity contribution is -0.388. The van der Waals surface area contributed by atoms with E-state index in [1.807, 2.05) is 0 Å². The van der Waals surface area contributed by atoms with Gasteiger partial charge in [-0.2, -0.15) is 13.2 Å². The molecular formula is C16H16F3N3O4. The van der Waals surface area contributed by atoms with Crippen LogP contribution in [0.2, 0.25) is 0 Å². The van der Waals surface area contributed by atoms with Crippen LogP contribution in [-0.4, -0.2) is 27.6 Å². The first-order valence-electron chi connectivity index (χ1n) is 8.32. The second kappa shape index (κ2) is 5.40. The number of hydrogen-bond donors (Lipinski definition) is 2. The lowest BCUT2D eigenvalue weighted by atomic mass is 9.59. The highest BCUT2D eigenvalue weighted by molar-refractivity contribution is 6.02. The standard InChI is InChI=1S/C16H16F3N3O4/c17-16(18,19)11-7-10(5-6-12(11)22(25)26)21-14(23)15(24)9-3-1-8(2-4-9)13(15)20-21/h5-9,13,20,24H,1-4H2/t8-,9+,13-,15-/m0/s1. The monoisotopic (exact) mass is 371 g/mol. The Bertz CT molecular complexity index is 791. The second-order valence-electron chi connectivity index (χ2n) is 7.14. The van der Waals surface area contributed by atoms with E-state index in [1.54, 1.807) is 0 Å². The minimum atomic E-state index is -4.94. The van der Waals surface area contributed by atoms with Crippen molar-refractivity contribution in [2.24, 2.45) is 11.8 Å². The largest absolute Gasteiger partial charge is 0.423 e. The fourth-order valence-corrected chi connectivity index (χ4v) is 4.64. The lowest BCUT2D eigenvalue weighted by Crippen LogP contribution is -2.61.